The van der Waals surface area contributed by atoms with Crippen LogP contribution in [0.15, 0.2) is 40.8 Å². The second kappa shape index (κ2) is 6.49. The van der Waals surface area contributed by atoms with E-state index in [0.29, 0.717) is 0 Å². The Hall–Kier alpha value is -1.22. The summed E-state index contributed by atoms with van der Waals surface area (Å²) in [4.78, 5) is 13.3. The highest BCUT2D eigenvalue weighted by Crippen LogP contribution is 2.45. The van der Waals surface area contributed by atoms with E-state index in [4.69, 9.17) is 4.74 Å². The molecule has 0 amide bonds. The molecule has 0 saturated heterocycles. The maximum Gasteiger partial charge on any atom is 0.335 e. The van der Waals surface area contributed by atoms with Gasteiger partial charge in [0.2, 0.25) is 0 Å². The summed E-state index contributed by atoms with van der Waals surface area (Å²) in [5, 5.41) is 0. The Morgan fingerprint density at radius 1 is 1.30 bits per heavy atom. The molecular formula is C17H22O2S. The number of carbonyl (C=O) groups is 1. The van der Waals surface area contributed by atoms with E-state index in [1.54, 1.807) is 11.8 Å². The van der Waals surface area contributed by atoms with E-state index in [9.17, 15) is 4.79 Å². The Morgan fingerprint density at radius 2 is 2.00 bits per heavy atom. The van der Waals surface area contributed by atoms with Crippen molar-refractivity contribution in [2.75, 3.05) is 7.11 Å². The molecular weight excluding hydrogens is 268 g/mol. The summed E-state index contributed by atoms with van der Waals surface area (Å²) in [6, 6.07) is 10.4. The largest absolute Gasteiger partial charge is 0.466 e. The van der Waals surface area contributed by atoms with Crippen molar-refractivity contribution in [2.45, 2.75) is 38.9 Å². The SMILES string of the molecule is COC(=O)C1=C(SCc2ccccc2)CCCC1(C)C. The first-order chi connectivity index (χ1) is 9.54. The van der Waals surface area contributed by atoms with Crippen molar-refractivity contribution in [1.82, 2.24) is 0 Å². The fraction of sp³-hybridized carbons (Fsp3) is 0.471. The van der Waals surface area contributed by atoms with Crippen LogP contribution in [-0.4, -0.2) is 13.1 Å². The van der Waals surface area contributed by atoms with Gasteiger partial charge in [-0.1, -0.05) is 44.2 Å². The monoisotopic (exact) mass is 290 g/mol. The van der Waals surface area contributed by atoms with Crippen molar-refractivity contribution in [2.24, 2.45) is 5.41 Å². The maximum absolute atomic E-state index is 12.1. The molecule has 108 valence electrons. The molecule has 3 heteroatoms. The van der Waals surface area contributed by atoms with Crippen LogP contribution in [0.5, 0.6) is 0 Å². The summed E-state index contributed by atoms with van der Waals surface area (Å²) in [7, 11) is 1.47. The van der Waals surface area contributed by atoms with Gasteiger partial charge >= 0.3 is 5.97 Å². The van der Waals surface area contributed by atoms with Crippen LogP contribution in [0.2, 0.25) is 0 Å². The first-order valence-corrected chi connectivity index (χ1v) is 8.02. The number of thioether (sulfide) groups is 1. The van der Waals surface area contributed by atoms with Gasteiger partial charge in [0.05, 0.1) is 12.7 Å². The number of hydrogen-bond donors (Lipinski definition) is 0. The highest BCUT2D eigenvalue weighted by Gasteiger charge is 2.35. The van der Waals surface area contributed by atoms with Crippen LogP contribution >= 0.6 is 11.8 Å². The molecule has 0 spiro atoms. The van der Waals surface area contributed by atoms with E-state index < -0.39 is 0 Å². The molecule has 0 aromatic heterocycles. The van der Waals surface area contributed by atoms with Crippen LogP contribution in [0, 0.1) is 5.41 Å². The molecule has 1 aromatic rings. The fourth-order valence-electron chi connectivity index (χ4n) is 2.70. The average molecular weight is 290 g/mol. The van der Waals surface area contributed by atoms with Gasteiger partial charge in [0.25, 0.3) is 0 Å². The first-order valence-electron chi connectivity index (χ1n) is 7.03. The summed E-state index contributed by atoms with van der Waals surface area (Å²) in [5.41, 5.74) is 2.09. The third-order valence-corrected chi connectivity index (χ3v) is 5.04. The predicted octanol–water partition coefficient (Wildman–Crippen LogP) is 4.56. The van der Waals surface area contributed by atoms with Gasteiger partial charge in [-0.25, -0.2) is 4.79 Å². The van der Waals surface area contributed by atoms with Crippen molar-refractivity contribution < 1.29 is 9.53 Å². The van der Waals surface area contributed by atoms with E-state index in [0.717, 1.165) is 30.6 Å². The highest BCUT2D eigenvalue weighted by molar-refractivity contribution is 8.02. The number of methoxy groups -OCH3 is 1. The van der Waals surface area contributed by atoms with Gasteiger partial charge in [-0.2, -0.15) is 0 Å². The van der Waals surface area contributed by atoms with Crippen molar-refractivity contribution in [3.8, 4) is 0 Å². The van der Waals surface area contributed by atoms with Gasteiger partial charge in [-0.05, 0) is 35.1 Å². The van der Waals surface area contributed by atoms with Crippen LogP contribution in [0.25, 0.3) is 0 Å². The minimum absolute atomic E-state index is 0.0790. The van der Waals surface area contributed by atoms with Crippen LogP contribution in [-0.2, 0) is 15.3 Å². The summed E-state index contributed by atoms with van der Waals surface area (Å²) in [6.45, 7) is 4.28. The third-order valence-electron chi connectivity index (χ3n) is 3.81. The zero-order valence-electron chi connectivity index (χ0n) is 12.4. The Morgan fingerprint density at radius 3 is 2.65 bits per heavy atom. The fourth-order valence-corrected chi connectivity index (χ4v) is 4.03. The third kappa shape index (κ3) is 3.45. The Kier molecular flexibility index (Phi) is 4.92. The number of ether oxygens (including phenoxy) is 1. The van der Waals surface area contributed by atoms with Crippen molar-refractivity contribution in [3.63, 3.8) is 0 Å². The molecule has 0 atom stereocenters. The molecule has 0 aliphatic heterocycles. The molecule has 1 aliphatic carbocycles. The van der Waals surface area contributed by atoms with Gasteiger partial charge < -0.3 is 4.74 Å². The van der Waals surface area contributed by atoms with Crippen LogP contribution < -0.4 is 0 Å². The zero-order chi connectivity index (χ0) is 14.6. The predicted molar refractivity (Wildman–Crippen MR) is 84.4 cm³/mol. The van der Waals surface area contributed by atoms with Gasteiger partial charge in [0.1, 0.15) is 0 Å². The molecule has 1 aliphatic rings. The molecule has 1 aromatic carbocycles. The molecule has 0 saturated carbocycles. The Bertz CT molecular complexity index is 503. The summed E-state index contributed by atoms with van der Waals surface area (Å²) >= 11 is 1.78. The lowest BCUT2D eigenvalue weighted by Gasteiger charge is -2.33. The van der Waals surface area contributed by atoms with Crippen LogP contribution in [0.4, 0.5) is 0 Å². The maximum atomic E-state index is 12.1. The molecule has 2 rings (SSSR count). The lowest BCUT2D eigenvalue weighted by atomic mass is 9.75. The van der Waals surface area contributed by atoms with Gasteiger partial charge in [-0.3, -0.25) is 0 Å². The topological polar surface area (TPSA) is 26.3 Å². The number of hydrogen-bond acceptors (Lipinski definition) is 3. The number of carbonyl (C=O) groups excluding carboxylic acids is 1. The smallest absolute Gasteiger partial charge is 0.335 e. The van der Waals surface area contributed by atoms with E-state index >= 15 is 0 Å². The quantitative estimate of drug-likeness (QED) is 0.761. The van der Waals surface area contributed by atoms with E-state index in [1.807, 2.05) is 6.07 Å². The second-order valence-electron chi connectivity index (χ2n) is 5.80. The molecule has 0 N–H and O–H groups in total. The summed E-state index contributed by atoms with van der Waals surface area (Å²) < 4.78 is 5.00. The normalized spacial score (nSPS) is 17.9. The van der Waals surface area contributed by atoms with Gasteiger partial charge in [-0.15, -0.1) is 11.8 Å². The van der Waals surface area contributed by atoms with Crippen molar-refractivity contribution in [1.29, 1.82) is 0 Å². The number of esters is 1. The van der Waals surface area contributed by atoms with Crippen molar-refractivity contribution in [3.05, 3.63) is 46.4 Å². The molecule has 0 unspecified atom stereocenters. The first kappa shape index (κ1) is 15.2. The molecule has 0 fully saturated rings. The van der Waals surface area contributed by atoms with E-state index in [2.05, 4.69) is 38.1 Å². The number of rotatable bonds is 4. The lowest BCUT2D eigenvalue weighted by molar-refractivity contribution is -0.137. The molecule has 0 radical (unpaired) electrons. The minimum atomic E-state index is -0.162. The van der Waals surface area contributed by atoms with E-state index in [-0.39, 0.29) is 11.4 Å². The van der Waals surface area contributed by atoms with Crippen molar-refractivity contribution >= 4 is 17.7 Å². The average Bonchev–Trinajstić information content (AvgIpc) is 2.44. The lowest BCUT2D eigenvalue weighted by Crippen LogP contribution is -2.27. The molecule has 2 nitrogen and oxygen atoms in total. The molecule has 0 bridgehead atoms. The summed E-state index contributed by atoms with van der Waals surface area (Å²) in [5.74, 6) is 0.748. The highest BCUT2D eigenvalue weighted by atomic mass is 32.2. The van der Waals surface area contributed by atoms with Crippen LogP contribution in [0.1, 0.15) is 38.7 Å². The van der Waals surface area contributed by atoms with Gasteiger partial charge in [0.15, 0.2) is 0 Å². The Balaban J connectivity index is 2.21. The Labute approximate surface area is 125 Å². The van der Waals surface area contributed by atoms with Gasteiger partial charge in [0, 0.05) is 5.75 Å². The summed E-state index contributed by atoms with van der Waals surface area (Å²) in [6.07, 6.45) is 3.18. The number of allylic oxidation sites excluding steroid dienone is 1. The zero-order valence-corrected chi connectivity index (χ0v) is 13.3. The second-order valence-corrected chi connectivity index (χ2v) is 6.87. The number of benzene rings is 1. The standard InChI is InChI=1S/C17H22O2S/c1-17(2)11-7-10-14(15(17)16(18)19-3)20-12-13-8-5-4-6-9-13/h4-6,8-9H,7,10-12H2,1-3H3. The minimum Gasteiger partial charge on any atom is -0.466 e. The van der Waals surface area contributed by atoms with E-state index in [1.165, 1.54) is 17.6 Å². The van der Waals surface area contributed by atoms with Crippen LogP contribution in [0.3, 0.4) is 0 Å². The molecule has 20 heavy (non-hydrogen) atoms. The molecule has 0 heterocycles.